The van der Waals surface area contributed by atoms with Crippen LogP contribution in [0.2, 0.25) is 10.0 Å². The molecule has 0 radical (unpaired) electrons. The summed E-state index contributed by atoms with van der Waals surface area (Å²) in [4.78, 5) is 16.2. The van der Waals surface area contributed by atoms with E-state index in [0.29, 0.717) is 36.9 Å². The molecule has 2 amide bonds. The average Bonchev–Trinajstić information content (AvgIpc) is 2.57. The van der Waals surface area contributed by atoms with Crippen LogP contribution in [0.15, 0.2) is 42.5 Å². The Labute approximate surface area is 149 Å². The van der Waals surface area contributed by atoms with E-state index < -0.39 is 5.82 Å². The van der Waals surface area contributed by atoms with Gasteiger partial charge in [-0.25, -0.2) is 9.18 Å². The number of hydrogen-bond acceptors (Lipinski definition) is 2. The van der Waals surface area contributed by atoms with Crippen LogP contribution in [0.4, 0.5) is 20.6 Å². The van der Waals surface area contributed by atoms with E-state index in [0.717, 1.165) is 5.69 Å². The van der Waals surface area contributed by atoms with Gasteiger partial charge in [0.15, 0.2) is 0 Å². The highest BCUT2D eigenvalue weighted by molar-refractivity contribution is 6.33. The van der Waals surface area contributed by atoms with Crippen molar-refractivity contribution in [2.24, 2.45) is 0 Å². The van der Waals surface area contributed by atoms with Crippen LogP contribution < -0.4 is 10.2 Å². The second-order valence-corrected chi connectivity index (χ2v) is 6.35. The summed E-state index contributed by atoms with van der Waals surface area (Å²) in [5.41, 5.74) is 1.45. The van der Waals surface area contributed by atoms with Gasteiger partial charge in [0, 0.05) is 36.9 Å². The molecule has 0 unspecified atom stereocenters. The second-order valence-electron chi connectivity index (χ2n) is 5.51. The molecule has 0 bridgehead atoms. The van der Waals surface area contributed by atoms with E-state index in [9.17, 15) is 9.18 Å². The molecule has 0 saturated carbocycles. The lowest BCUT2D eigenvalue weighted by Crippen LogP contribution is -2.50. The van der Waals surface area contributed by atoms with E-state index >= 15 is 0 Å². The molecule has 24 heavy (non-hydrogen) atoms. The third-order valence-electron chi connectivity index (χ3n) is 3.91. The van der Waals surface area contributed by atoms with Gasteiger partial charge in [0.05, 0.1) is 10.7 Å². The van der Waals surface area contributed by atoms with E-state index in [-0.39, 0.29) is 11.1 Å². The second kappa shape index (κ2) is 7.28. The zero-order chi connectivity index (χ0) is 17.1. The Morgan fingerprint density at radius 1 is 1.04 bits per heavy atom. The van der Waals surface area contributed by atoms with Gasteiger partial charge in [0.1, 0.15) is 5.82 Å². The summed E-state index contributed by atoms with van der Waals surface area (Å²) in [6.07, 6.45) is 0. The minimum Gasteiger partial charge on any atom is -0.368 e. The summed E-state index contributed by atoms with van der Waals surface area (Å²) in [6, 6.07) is 11.3. The van der Waals surface area contributed by atoms with Crippen molar-refractivity contribution in [1.82, 2.24) is 4.90 Å². The van der Waals surface area contributed by atoms with Gasteiger partial charge in [0.25, 0.3) is 0 Å². The number of hydrogen-bond donors (Lipinski definition) is 1. The van der Waals surface area contributed by atoms with Gasteiger partial charge >= 0.3 is 6.03 Å². The summed E-state index contributed by atoms with van der Waals surface area (Å²) in [5, 5.41) is 3.59. The fourth-order valence-corrected chi connectivity index (χ4v) is 3.02. The van der Waals surface area contributed by atoms with E-state index in [1.807, 2.05) is 24.3 Å². The summed E-state index contributed by atoms with van der Waals surface area (Å²) in [6.45, 7) is 2.59. The molecule has 126 valence electrons. The minimum absolute atomic E-state index is 0.181. The lowest BCUT2D eigenvalue weighted by molar-refractivity contribution is 0.208. The van der Waals surface area contributed by atoms with Gasteiger partial charge in [-0.3, -0.25) is 0 Å². The molecule has 7 heteroatoms. The molecule has 2 aromatic carbocycles. The number of urea groups is 1. The first kappa shape index (κ1) is 16.9. The van der Waals surface area contributed by atoms with Crippen LogP contribution >= 0.6 is 23.2 Å². The van der Waals surface area contributed by atoms with Crippen LogP contribution in [0, 0.1) is 5.82 Å². The van der Waals surface area contributed by atoms with Crippen molar-refractivity contribution in [3.8, 4) is 0 Å². The van der Waals surface area contributed by atoms with Crippen LogP contribution in [0.1, 0.15) is 0 Å². The predicted octanol–water partition coefficient (Wildman–Crippen LogP) is 4.49. The topological polar surface area (TPSA) is 35.6 Å². The zero-order valence-electron chi connectivity index (χ0n) is 12.8. The number of nitrogens with one attached hydrogen (secondary N) is 1. The monoisotopic (exact) mass is 367 g/mol. The molecular weight excluding hydrogens is 352 g/mol. The van der Waals surface area contributed by atoms with E-state index in [1.165, 1.54) is 18.2 Å². The number of rotatable bonds is 2. The molecule has 1 aliphatic heterocycles. The maximum atomic E-state index is 13.0. The molecule has 1 saturated heterocycles. The highest BCUT2D eigenvalue weighted by Crippen LogP contribution is 2.24. The van der Waals surface area contributed by atoms with Crippen molar-refractivity contribution < 1.29 is 9.18 Å². The van der Waals surface area contributed by atoms with Crippen LogP contribution in [0.3, 0.4) is 0 Å². The van der Waals surface area contributed by atoms with Crippen LogP contribution in [-0.4, -0.2) is 37.1 Å². The summed E-state index contributed by atoms with van der Waals surface area (Å²) >= 11 is 12.0. The molecule has 2 aromatic rings. The molecule has 4 nitrogen and oxygen atoms in total. The lowest BCUT2D eigenvalue weighted by atomic mass is 10.2. The first-order chi connectivity index (χ1) is 11.5. The maximum Gasteiger partial charge on any atom is 0.322 e. The fourth-order valence-electron chi connectivity index (χ4n) is 2.63. The SMILES string of the molecule is O=C(Nc1ccc(F)cc1Cl)N1CCN(c2cccc(Cl)c2)CC1. The molecule has 0 aromatic heterocycles. The van der Waals surface area contributed by atoms with E-state index in [2.05, 4.69) is 10.2 Å². The Hall–Kier alpha value is -1.98. The third kappa shape index (κ3) is 3.91. The molecule has 1 N–H and O–H groups in total. The summed E-state index contributed by atoms with van der Waals surface area (Å²) in [7, 11) is 0. The Morgan fingerprint density at radius 2 is 1.79 bits per heavy atom. The van der Waals surface area contributed by atoms with Gasteiger partial charge in [-0.2, -0.15) is 0 Å². The van der Waals surface area contributed by atoms with Crippen molar-refractivity contribution in [3.63, 3.8) is 0 Å². The van der Waals surface area contributed by atoms with Crippen molar-refractivity contribution in [2.75, 3.05) is 36.4 Å². The van der Waals surface area contributed by atoms with Gasteiger partial charge in [-0.15, -0.1) is 0 Å². The number of carbonyl (C=O) groups excluding carboxylic acids is 1. The first-order valence-corrected chi connectivity index (χ1v) is 8.30. The Kier molecular flexibility index (Phi) is 5.11. The minimum atomic E-state index is -0.437. The van der Waals surface area contributed by atoms with Crippen LogP contribution in [0.5, 0.6) is 0 Å². The Bertz CT molecular complexity index is 748. The number of amides is 2. The molecular formula is C17H16Cl2FN3O. The van der Waals surface area contributed by atoms with E-state index in [1.54, 1.807) is 4.90 Å². The number of piperazine rings is 1. The Balaban J connectivity index is 1.59. The van der Waals surface area contributed by atoms with Gasteiger partial charge in [-0.1, -0.05) is 29.3 Å². The van der Waals surface area contributed by atoms with Crippen molar-refractivity contribution in [1.29, 1.82) is 0 Å². The number of carbonyl (C=O) groups is 1. The molecule has 1 fully saturated rings. The quantitative estimate of drug-likeness (QED) is 0.848. The largest absolute Gasteiger partial charge is 0.368 e. The molecule has 3 rings (SSSR count). The number of nitrogens with zero attached hydrogens (tertiary/aromatic N) is 2. The lowest BCUT2D eigenvalue weighted by Gasteiger charge is -2.36. The van der Waals surface area contributed by atoms with E-state index in [4.69, 9.17) is 23.2 Å². The predicted molar refractivity (Wildman–Crippen MR) is 95.7 cm³/mol. The number of benzene rings is 2. The highest BCUT2D eigenvalue weighted by Gasteiger charge is 2.22. The van der Waals surface area contributed by atoms with Crippen LogP contribution in [0.25, 0.3) is 0 Å². The molecule has 0 aliphatic carbocycles. The van der Waals surface area contributed by atoms with Crippen LogP contribution in [-0.2, 0) is 0 Å². The molecule has 1 aliphatic rings. The fraction of sp³-hybridized carbons (Fsp3) is 0.235. The third-order valence-corrected chi connectivity index (χ3v) is 4.46. The average molecular weight is 368 g/mol. The number of anilines is 2. The number of halogens is 3. The normalized spacial score (nSPS) is 14.6. The Morgan fingerprint density at radius 3 is 2.46 bits per heavy atom. The van der Waals surface area contributed by atoms with Gasteiger partial charge in [0.2, 0.25) is 0 Å². The van der Waals surface area contributed by atoms with Crippen molar-refractivity contribution in [2.45, 2.75) is 0 Å². The highest BCUT2D eigenvalue weighted by atomic mass is 35.5. The van der Waals surface area contributed by atoms with Crippen molar-refractivity contribution in [3.05, 3.63) is 58.3 Å². The molecule has 1 heterocycles. The van der Waals surface area contributed by atoms with Crippen molar-refractivity contribution >= 4 is 40.6 Å². The standard InChI is InChI=1S/C17H16Cl2FN3O/c18-12-2-1-3-14(10-12)22-6-8-23(9-7-22)17(24)21-16-5-4-13(20)11-15(16)19/h1-5,10-11H,6-9H2,(H,21,24). The maximum absolute atomic E-state index is 13.0. The summed E-state index contributed by atoms with van der Waals surface area (Å²) < 4.78 is 13.0. The smallest absolute Gasteiger partial charge is 0.322 e. The van der Waals surface area contributed by atoms with Gasteiger partial charge in [-0.05, 0) is 36.4 Å². The zero-order valence-corrected chi connectivity index (χ0v) is 14.3. The first-order valence-electron chi connectivity index (χ1n) is 7.54. The van der Waals surface area contributed by atoms with Gasteiger partial charge < -0.3 is 15.1 Å². The molecule has 0 spiro atoms. The molecule has 0 atom stereocenters. The summed E-state index contributed by atoms with van der Waals surface area (Å²) in [5.74, 6) is -0.437.